The largest absolute Gasteiger partial charge is 0.465 e. The Morgan fingerprint density at radius 1 is 1.25 bits per heavy atom. The summed E-state index contributed by atoms with van der Waals surface area (Å²) >= 11 is 0. The van der Waals surface area contributed by atoms with Gasteiger partial charge in [-0.25, -0.2) is 9.18 Å². The Hall–Kier alpha value is -1.66. The third-order valence-electron chi connectivity index (χ3n) is 5.41. The maximum atomic E-state index is 13.5. The molecule has 0 saturated carbocycles. The highest BCUT2D eigenvalue weighted by Crippen LogP contribution is 2.39. The summed E-state index contributed by atoms with van der Waals surface area (Å²) in [7, 11) is 2.13. The van der Waals surface area contributed by atoms with Crippen LogP contribution in [0.1, 0.15) is 23.6 Å². The second-order valence-corrected chi connectivity index (χ2v) is 7.07. The van der Waals surface area contributed by atoms with E-state index in [2.05, 4.69) is 16.8 Å². The normalized spacial score (nSPS) is 26.0. The Morgan fingerprint density at radius 3 is 2.58 bits per heavy atom. The molecule has 3 rings (SSSR count). The number of likely N-dealkylation sites (tertiary alicyclic amines) is 1. The monoisotopic (exact) mass is 335 g/mol. The van der Waals surface area contributed by atoms with Crippen molar-refractivity contribution in [3.63, 3.8) is 0 Å². The minimum Gasteiger partial charge on any atom is -0.465 e. The fourth-order valence-electron chi connectivity index (χ4n) is 4.02. The zero-order valence-electron chi connectivity index (χ0n) is 14.4. The minimum atomic E-state index is -0.885. The van der Waals surface area contributed by atoms with E-state index in [1.807, 2.05) is 6.92 Å². The lowest BCUT2D eigenvalue weighted by Gasteiger charge is -2.36. The number of carboxylic acid groups (broad SMARTS) is 1. The van der Waals surface area contributed by atoms with Gasteiger partial charge in [0.05, 0.1) is 6.04 Å². The van der Waals surface area contributed by atoms with Crippen molar-refractivity contribution in [1.82, 2.24) is 14.7 Å². The van der Waals surface area contributed by atoms with Gasteiger partial charge in [0.25, 0.3) is 0 Å². The molecule has 1 aromatic carbocycles. The third kappa shape index (κ3) is 3.54. The number of rotatable bonds is 3. The molecule has 5 nitrogen and oxygen atoms in total. The van der Waals surface area contributed by atoms with E-state index in [4.69, 9.17) is 0 Å². The van der Waals surface area contributed by atoms with Crippen molar-refractivity contribution >= 4 is 6.09 Å². The molecule has 2 aliphatic rings. The second-order valence-electron chi connectivity index (χ2n) is 7.07. The highest BCUT2D eigenvalue weighted by atomic mass is 19.1. The molecule has 2 aliphatic heterocycles. The predicted molar refractivity (Wildman–Crippen MR) is 90.7 cm³/mol. The van der Waals surface area contributed by atoms with Crippen molar-refractivity contribution in [2.45, 2.75) is 19.4 Å². The van der Waals surface area contributed by atoms with Crippen molar-refractivity contribution in [1.29, 1.82) is 0 Å². The highest BCUT2D eigenvalue weighted by Gasteiger charge is 2.39. The molecule has 1 N–H and O–H groups in total. The van der Waals surface area contributed by atoms with E-state index >= 15 is 0 Å². The average Bonchev–Trinajstić information content (AvgIpc) is 2.93. The molecular weight excluding hydrogens is 309 g/mol. The predicted octanol–water partition coefficient (Wildman–Crippen LogP) is 2.42. The summed E-state index contributed by atoms with van der Waals surface area (Å²) in [5.41, 5.74) is 1.77. The van der Waals surface area contributed by atoms with Gasteiger partial charge < -0.3 is 19.8 Å². The number of carbonyl (C=O) groups is 1. The van der Waals surface area contributed by atoms with Crippen molar-refractivity contribution in [3.8, 4) is 0 Å². The maximum absolute atomic E-state index is 13.5. The second kappa shape index (κ2) is 7.07. The van der Waals surface area contributed by atoms with Crippen LogP contribution in [0.5, 0.6) is 0 Å². The molecule has 0 spiro atoms. The molecule has 0 bridgehead atoms. The van der Waals surface area contributed by atoms with Gasteiger partial charge in [0, 0.05) is 39.3 Å². The maximum Gasteiger partial charge on any atom is 0.407 e. The number of likely N-dealkylation sites (N-methyl/N-ethyl adjacent to an activating group) is 1. The topological polar surface area (TPSA) is 47.0 Å². The number of hydrogen-bond donors (Lipinski definition) is 1. The van der Waals surface area contributed by atoms with E-state index in [9.17, 15) is 14.3 Å². The van der Waals surface area contributed by atoms with E-state index in [0.29, 0.717) is 6.54 Å². The first-order valence-electron chi connectivity index (χ1n) is 8.62. The lowest BCUT2D eigenvalue weighted by atomic mass is 9.90. The zero-order chi connectivity index (χ0) is 17.3. The van der Waals surface area contributed by atoms with Gasteiger partial charge in [-0.1, -0.05) is 6.07 Å². The Bertz CT molecular complexity index is 602. The van der Waals surface area contributed by atoms with Crippen LogP contribution in [0.4, 0.5) is 9.18 Å². The SMILES string of the molecule is Cc1cc(F)ccc1C1C(CN2CCN(C)CC2)CCN1C(=O)O. The third-order valence-corrected chi connectivity index (χ3v) is 5.41. The molecule has 2 fully saturated rings. The molecule has 132 valence electrons. The summed E-state index contributed by atoms with van der Waals surface area (Å²) in [6.07, 6.45) is -0.0234. The smallest absolute Gasteiger partial charge is 0.407 e. The Kier molecular flexibility index (Phi) is 5.06. The molecule has 6 heteroatoms. The minimum absolute atomic E-state index is 0.178. The first kappa shape index (κ1) is 17.2. The number of aryl methyl sites for hydroxylation is 1. The van der Waals surface area contributed by atoms with Crippen LogP contribution in [-0.2, 0) is 0 Å². The average molecular weight is 335 g/mol. The highest BCUT2D eigenvalue weighted by molar-refractivity contribution is 5.66. The molecule has 1 amide bonds. The number of piperazine rings is 1. The number of nitrogens with zero attached hydrogens (tertiary/aromatic N) is 3. The van der Waals surface area contributed by atoms with E-state index < -0.39 is 6.09 Å². The van der Waals surface area contributed by atoms with Crippen molar-refractivity contribution < 1.29 is 14.3 Å². The number of hydrogen-bond acceptors (Lipinski definition) is 3. The molecule has 24 heavy (non-hydrogen) atoms. The first-order chi connectivity index (χ1) is 11.5. The molecule has 2 saturated heterocycles. The molecule has 2 atom stereocenters. The summed E-state index contributed by atoms with van der Waals surface area (Å²) in [6, 6.07) is 4.52. The van der Waals surface area contributed by atoms with Gasteiger partial charge in [0.2, 0.25) is 0 Å². The van der Waals surface area contributed by atoms with E-state index in [0.717, 1.165) is 50.3 Å². The number of amides is 1. The fourth-order valence-corrected chi connectivity index (χ4v) is 4.02. The van der Waals surface area contributed by atoms with Crippen LogP contribution in [0.3, 0.4) is 0 Å². The molecule has 0 aliphatic carbocycles. The summed E-state index contributed by atoms with van der Waals surface area (Å²) in [6.45, 7) is 7.47. The molecule has 1 aromatic rings. The van der Waals surface area contributed by atoms with Crippen LogP contribution in [0.25, 0.3) is 0 Å². The Balaban J connectivity index is 1.81. The molecule has 2 heterocycles. The summed E-state index contributed by atoms with van der Waals surface area (Å²) in [4.78, 5) is 18.0. The Labute approximate surface area is 142 Å². The lowest BCUT2D eigenvalue weighted by molar-refractivity contribution is 0.111. The van der Waals surface area contributed by atoms with E-state index in [1.54, 1.807) is 6.07 Å². The molecule has 0 radical (unpaired) electrons. The summed E-state index contributed by atoms with van der Waals surface area (Å²) in [5, 5.41) is 9.58. The van der Waals surface area contributed by atoms with Gasteiger partial charge in [0.1, 0.15) is 5.82 Å². The van der Waals surface area contributed by atoms with Gasteiger partial charge in [-0.05, 0) is 49.6 Å². The van der Waals surface area contributed by atoms with Crippen LogP contribution >= 0.6 is 0 Å². The molecular formula is C18H26FN3O2. The van der Waals surface area contributed by atoms with Gasteiger partial charge in [0.15, 0.2) is 0 Å². The molecule has 2 unspecified atom stereocenters. The Morgan fingerprint density at radius 2 is 1.96 bits per heavy atom. The van der Waals surface area contributed by atoms with Crippen molar-refractivity contribution in [3.05, 3.63) is 35.1 Å². The van der Waals surface area contributed by atoms with Crippen molar-refractivity contribution in [2.75, 3.05) is 46.3 Å². The quantitative estimate of drug-likeness (QED) is 0.922. The van der Waals surface area contributed by atoms with Gasteiger partial charge in [-0.2, -0.15) is 0 Å². The van der Waals surface area contributed by atoms with E-state index in [-0.39, 0.29) is 17.8 Å². The van der Waals surface area contributed by atoms with E-state index in [1.165, 1.54) is 17.0 Å². The standard InChI is InChI=1S/C18H26FN3O2/c1-13-11-15(19)3-4-16(13)17-14(5-6-22(17)18(23)24)12-21-9-7-20(2)8-10-21/h3-4,11,14,17H,5-10,12H2,1-2H3,(H,23,24). The first-order valence-corrected chi connectivity index (χ1v) is 8.62. The lowest BCUT2D eigenvalue weighted by Crippen LogP contribution is -2.46. The van der Waals surface area contributed by atoms with Gasteiger partial charge >= 0.3 is 6.09 Å². The summed E-state index contributed by atoms with van der Waals surface area (Å²) < 4.78 is 13.5. The van der Waals surface area contributed by atoms with Crippen LogP contribution in [-0.4, -0.2) is 72.2 Å². The number of benzene rings is 1. The van der Waals surface area contributed by atoms with Crippen molar-refractivity contribution in [2.24, 2.45) is 5.92 Å². The van der Waals surface area contributed by atoms with Crippen LogP contribution < -0.4 is 0 Å². The van der Waals surface area contributed by atoms with Crippen LogP contribution in [0.2, 0.25) is 0 Å². The van der Waals surface area contributed by atoms with Gasteiger partial charge in [-0.3, -0.25) is 0 Å². The number of halogens is 1. The van der Waals surface area contributed by atoms with Gasteiger partial charge in [-0.15, -0.1) is 0 Å². The summed E-state index contributed by atoms with van der Waals surface area (Å²) in [5.74, 6) is -0.0135. The van der Waals surface area contributed by atoms with Crippen LogP contribution in [0.15, 0.2) is 18.2 Å². The van der Waals surface area contributed by atoms with Crippen LogP contribution in [0, 0.1) is 18.7 Å². The fraction of sp³-hybridized carbons (Fsp3) is 0.611. The molecule has 0 aromatic heterocycles. The zero-order valence-corrected chi connectivity index (χ0v) is 14.4.